The summed E-state index contributed by atoms with van der Waals surface area (Å²) in [4.78, 5) is 25.5. The first-order chi connectivity index (χ1) is 6.11. The van der Waals surface area contributed by atoms with Gasteiger partial charge in [-0.15, -0.1) is 0 Å². The molecule has 0 aliphatic heterocycles. The number of rotatable bonds is 5. The third kappa shape index (κ3) is 6.40. The Hall–Kier alpha value is 0.319. The Kier molecular flexibility index (Phi) is 7.89. The van der Waals surface area contributed by atoms with Gasteiger partial charge in [-0.25, -0.2) is 0 Å². The molecule has 5 nitrogen and oxygen atoms in total. The molecule has 0 heterocycles. The fourth-order valence-corrected chi connectivity index (χ4v) is 3.37. The normalized spacial score (nSPS) is 9.38. The number of nitrogens with zero attached hydrogens (tertiary/aromatic N) is 1. The molecular formula is C6H12N2O3Te2. The van der Waals surface area contributed by atoms with Gasteiger partial charge >= 0.3 is 98.7 Å². The molecule has 0 unspecified atom stereocenters. The zero-order valence-corrected chi connectivity index (χ0v) is 12.1. The second kappa shape index (κ2) is 7.70. The quantitative estimate of drug-likeness (QED) is 0.612. The monoisotopic (exact) mass is 420 g/mol. The Balaban J connectivity index is 3.87. The molecule has 0 bridgehead atoms. The summed E-state index contributed by atoms with van der Waals surface area (Å²) in [7, 11) is 0. The Morgan fingerprint density at radius 3 is 2.46 bits per heavy atom. The van der Waals surface area contributed by atoms with Crippen LogP contribution in [-0.4, -0.2) is 69.2 Å². The predicted octanol–water partition coefficient (Wildman–Crippen LogP) is -0.193. The van der Waals surface area contributed by atoms with Gasteiger partial charge < -0.3 is 0 Å². The van der Waals surface area contributed by atoms with Gasteiger partial charge in [-0.3, -0.25) is 0 Å². The first kappa shape index (κ1) is 13.3. The number of amides is 2. The van der Waals surface area contributed by atoms with Crippen LogP contribution in [0.5, 0.6) is 0 Å². The van der Waals surface area contributed by atoms with Crippen LogP contribution in [0, 0.1) is 0 Å². The molecule has 7 heteroatoms. The van der Waals surface area contributed by atoms with Crippen LogP contribution in [0.3, 0.4) is 0 Å². The summed E-state index contributed by atoms with van der Waals surface area (Å²) < 4.78 is 4.41. The summed E-state index contributed by atoms with van der Waals surface area (Å²) in [5.74, 6) is -0.855. The van der Waals surface area contributed by atoms with E-state index in [1.54, 1.807) is 3.15 Å². The minimum atomic E-state index is -0.855. The van der Waals surface area contributed by atoms with Gasteiger partial charge in [0.05, 0.1) is 0 Å². The fraction of sp³-hybridized carbons (Fsp3) is 0.667. The summed E-state index contributed by atoms with van der Waals surface area (Å²) in [5, 5.41) is 8.43. The van der Waals surface area contributed by atoms with E-state index in [0.29, 0.717) is 6.54 Å². The van der Waals surface area contributed by atoms with Crippen LogP contribution >= 0.6 is 0 Å². The van der Waals surface area contributed by atoms with E-state index in [9.17, 15) is 9.59 Å². The Morgan fingerprint density at radius 1 is 1.46 bits per heavy atom. The van der Waals surface area contributed by atoms with E-state index < -0.39 is 48.4 Å². The number of carboxylic acid groups (broad SMARTS) is 1. The van der Waals surface area contributed by atoms with Gasteiger partial charge in [0.1, 0.15) is 0 Å². The van der Waals surface area contributed by atoms with Gasteiger partial charge in [-0.05, 0) is 0 Å². The van der Waals surface area contributed by atoms with Crippen LogP contribution in [0.4, 0.5) is 4.79 Å². The molecule has 0 rings (SSSR count). The van der Waals surface area contributed by atoms with Crippen molar-refractivity contribution in [1.29, 1.82) is 0 Å². The van der Waals surface area contributed by atoms with Crippen molar-refractivity contribution in [2.45, 2.75) is 16.4 Å². The van der Waals surface area contributed by atoms with E-state index >= 15 is 0 Å². The van der Waals surface area contributed by atoms with Crippen molar-refractivity contribution in [3.05, 3.63) is 0 Å². The summed E-state index contributed by atoms with van der Waals surface area (Å²) in [5.41, 5.74) is 0. The molecule has 0 fully saturated rings. The topological polar surface area (TPSA) is 69.6 Å². The van der Waals surface area contributed by atoms with Crippen LogP contribution in [0.15, 0.2) is 0 Å². The standard InChI is InChI=1S/C6H12N2O3Te2/c1-12-7-6(11)8(13-2)4-3-5(9)10/h3-4H2,1-2H3,(H,7,11)(H,9,10). The molecule has 76 valence electrons. The maximum atomic E-state index is 11.3. The van der Waals surface area contributed by atoms with Crippen LogP contribution < -0.4 is 3.57 Å². The van der Waals surface area contributed by atoms with Gasteiger partial charge in [-0.2, -0.15) is 0 Å². The Morgan fingerprint density at radius 2 is 2.08 bits per heavy atom. The molecule has 0 atom stereocenters. The molecule has 0 aromatic carbocycles. The molecule has 0 spiro atoms. The SMILES string of the molecule is C[Te]NC(=O)N(CCC(=O)O)[Te]C. The summed E-state index contributed by atoms with van der Waals surface area (Å²) in [6.45, 7) is 0.340. The molecule has 0 saturated heterocycles. The van der Waals surface area contributed by atoms with E-state index in [1.807, 2.05) is 9.94 Å². The number of carbonyl (C=O) groups is 2. The van der Waals surface area contributed by atoms with E-state index in [4.69, 9.17) is 5.11 Å². The molecule has 0 aromatic rings. The van der Waals surface area contributed by atoms with Crippen molar-refractivity contribution in [3.63, 3.8) is 0 Å². The summed E-state index contributed by atoms with van der Waals surface area (Å²) in [6, 6.07) is -0.0870. The van der Waals surface area contributed by atoms with Crippen molar-refractivity contribution in [2.75, 3.05) is 6.54 Å². The predicted molar refractivity (Wildman–Crippen MR) is 50.7 cm³/mol. The van der Waals surface area contributed by atoms with E-state index in [-0.39, 0.29) is 12.5 Å². The van der Waals surface area contributed by atoms with Crippen molar-refractivity contribution in [2.24, 2.45) is 0 Å². The summed E-state index contributed by atoms with van der Waals surface area (Å²) in [6.07, 6.45) is 0.0380. The summed E-state index contributed by atoms with van der Waals surface area (Å²) >= 11 is -0.952. The Labute approximate surface area is 98.1 Å². The molecular weight excluding hydrogens is 403 g/mol. The minimum absolute atomic E-state index is 0.0380. The zero-order valence-electron chi connectivity index (χ0n) is 7.44. The molecule has 0 radical (unpaired) electrons. The third-order valence-corrected chi connectivity index (χ3v) is 4.50. The molecule has 2 N–H and O–H groups in total. The van der Waals surface area contributed by atoms with Crippen LogP contribution in [-0.2, 0) is 4.79 Å². The fourth-order valence-electron chi connectivity index (χ4n) is 0.611. The molecule has 13 heavy (non-hydrogen) atoms. The number of nitrogens with one attached hydrogen (secondary N) is 1. The van der Waals surface area contributed by atoms with E-state index in [1.165, 1.54) is 0 Å². The van der Waals surface area contributed by atoms with Gasteiger partial charge in [-0.1, -0.05) is 0 Å². The van der Waals surface area contributed by atoms with Crippen molar-refractivity contribution in [1.82, 2.24) is 6.72 Å². The van der Waals surface area contributed by atoms with Crippen LogP contribution in [0.1, 0.15) is 6.42 Å². The first-order valence-electron chi connectivity index (χ1n) is 3.48. The van der Waals surface area contributed by atoms with Gasteiger partial charge in [0.25, 0.3) is 0 Å². The molecule has 2 amide bonds. The number of aliphatic carboxylic acids is 1. The zero-order chi connectivity index (χ0) is 10.3. The van der Waals surface area contributed by atoms with Crippen LogP contribution in [0.25, 0.3) is 0 Å². The van der Waals surface area contributed by atoms with Crippen molar-refractivity contribution < 1.29 is 14.7 Å². The van der Waals surface area contributed by atoms with Crippen LogP contribution in [0.2, 0.25) is 9.94 Å². The van der Waals surface area contributed by atoms with Crippen molar-refractivity contribution >= 4 is 54.4 Å². The molecule has 0 aliphatic carbocycles. The van der Waals surface area contributed by atoms with Gasteiger partial charge in [0.15, 0.2) is 0 Å². The molecule has 0 saturated carbocycles. The van der Waals surface area contributed by atoms with Gasteiger partial charge in [0.2, 0.25) is 0 Å². The second-order valence-electron chi connectivity index (χ2n) is 2.04. The van der Waals surface area contributed by atoms with E-state index in [2.05, 4.69) is 3.57 Å². The maximum absolute atomic E-state index is 11.3. The Bertz CT molecular complexity index is 189. The second-order valence-corrected chi connectivity index (χ2v) is 6.09. The number of hydrogen-bond donors (Lipinski definition) is 2. The number of hydrogen-bond acceptors (Lipinski definition) is 2. The average Bonchev–Trinajstić information content (AvgIpc) is 2.05. The molecule has 0 aromatic heterocycles. The number of urea groups is 1. The third-order valence-electron chi connectivity index (χ3n) is 1.17. The van der Waals surface area contributed by atoms with Crippen molar-refractivity contribution in [3.8, 4) is 0 Å². The van der Waals surface area contributed by atoms with E-state index in [0.717, 1.165) is 0 Å². The molecule has 0 aliphatic rings. The van der Waals surface area contributed by atoms with Gasteiger partial charge in [0, 0.05) is 0 Å². The average molecular weight is 415 g/mol. The number of carbonyl (C=O) groups excluding carboxylic acids is 1. The first-order valence-corrected chi connectivity index (χ1v) is 10.3. The number of carboxylic acids is 1.